The average Bonchev–Trinajstić information content (AvgIpc) is 2.65. The Labute approximate surface area is 186 Å². The number of rotatable bonds is 4. The van der Waals surface area contributed by atoms with Crippen molar-refractivity contribution in [2.45, 2.75) is 4.75 Å². The Morgan fingerprint density at radius 3 is 1.93 bits per heavy atom. The second-order valence-corrected chi connectivity index (χ2v) is 9.19. The Bertz CT molecular complexity index is 1200. The van der Waals surface area contributed by atoms with Crippen molar-refractivity contribution in [1.82, 2.24) is 0 Å². The molecular weight excluding hydrogens is 482 g/mol. The van der Waals surface area contributed by atoms with Crippen molar-refractivity contribution in [1.29, 1.82) is 0 Å². The van der Waals surface area contributed by atoms with Gasteiger partial charge in [-0.3, -0.25) is 4.55 Å². The molecule has 0 fully saturated rings. The van der Waals surface area contributed by atoms with Crippen LogP contribution in [0.2, 0.25) is 20.1 Å². The Kier molecular flexibility index (Phi) is 5.98. The van der Waals surface area contributed by atoms with Gasteiger partial charge < -0.3 is 10.2 Å². The number of benzene rings is 3. The van der Waals surface area contributed by atoms with Crippen LogP contribution in [0, 0.1) is 0 Å². The summed E-state index contributed by atoms with van der Waals surface area (Å²) in [6, 6.07) is 11.5. The topological polar surface area (TPSA) is 94.8 Å². The van der Waals surface area contributed by atoms with E-state index in [1.54, 1.807) is 0 Å². The SMILES string of the molecule is O=S(=O)(O)C(c1ccc(O)cc1)(c1cccc(Cl)c1Cl)c1c(O)ccc(Cl)c1Cl. The Balaban J connectivity index is 2.65. The normalized spacial score (nSPS) is 13.8. The summed E-state index contributed by atoms with van der Waals surface area (Å²) in [7, 11) is -5.13. The lowest BCUT2D eigenvalue weighted by Gasteiger charge is -2.34. The predicted octanol–water partition coefficient (Wildman–Crippen LogP) is 5.89. The Hall–Kier alpha value is -1.67. The Morgan fingerprint density at radius 1 is 0.759 bits per heavy atom. The van der Waals surface area contributed by atoms with Crippen LogP contribution in [0.25, 0.3) is 0 Å². The van der Waals surface area contributed by atoms with Crippen molar-refractivity contribution >= 4 is 56.5 Å². The summed E-state index contributed by atoms with van der Waals surface area (Å²) < 4.78 is 34.0. The van der Waals surface area contributed by atoms with Crippen LogP contribution in [0.1, 0.15) is 16.7 Å². The highest BCUT2D eigenvalue weighted by Gasteiger charge is 2.53. The maximum Gasteiger partial charge on any atom is 0.283 e. The molecule has 0 aliphatic rings. The van der Waals surface area contributed by atoms with Crippen LogP contribution in [0.3, 0.4) is 0 Å². The van der Waals surface area contributed by atoms with Crippen LogP contribution in [-0.2, 0) is 14.9 Å². The summed E-state index contributed by atoms with van der Waals surface area (Å²) in [4.78, 5) is 0. The van der Waals surface area contributed by atoms with Gasteiger partial charge in [0, 0.05) is 11.1 Å². The minimum Gasteiger partial charge on any atom is -0.508 e. The number of hydrogen-bond donors (Lipinski definition) is 3. The zero-order valence-electron chi connectivity index (χ0n) is 14.3. The molecule has 3 N–H and O–H groups in total. The summed E-state index contributed by atoms with van der Waals surface area (Å²) in [5.41, 5.74) is -0.648. The number of aromatic hydroxyl groups is 2. The fourth-order valence-corrected chi connectivity index (χ4v) is 5.56. The predicted molar refractivity (Wildman–Crippen MR) is 114 cm³/mol. The highest BCUT2D eigenvalue weighted by molar-refractivity contribution is 7.87. The highest BCUT2D eigenvalue weighted by Crippen LogP contribution is 2.53. The van der Waals surface area contributed by atoms with E-state index < -0.39 is 26.2 Å². The van der Waals surface area contributed by atoms with Gasteiger partial charge in [0.1, 0.15) is 11.5 Å². The van der Waals surface area contributed by atoms with Gasteiger partial charge in [-0.2, -0.15) is 8.42 Å². The molecule has 0 saturated carbocycles. The molecule has 1 unspecified atom stereocenters. The van der Waals surface area contributed by atoms with Gasteiger partial charge in [-0.1, -0.05) is 70.7 Å². The van der Waals surface area contributed by atoms with Crippen molar-refractivity contribution in [3.8, 4) is 11.5 Å². The van der Waals surface area contributed by atoms with Crippen molar-refractivity contribution in [3.05, 3.63) is 91.4 Å². The molecule has 10 heteroatoms. The van der Waals surface area contributed by atoms with Crippen LogP contribution in [-0.4, -0.2) is 23.2 Å². The van der Waals surface area contributed by atoms with Gasteiger partial charge in [-0.25, -0.2) is 0 Å². The third-order valence-electron chi connectivity index (χ3n) is 4.42. The van der Waals surface area contributed by atoms with E-state index in [9.17, 15) is 23.2 Å². The van der Waals surface area contributed by atoms with Crippen LogP contribution in [0.15, 0.2) is 54.6 Å². The van der Waals surface area contributed by atoms with Crippen molar-refractivity contribution in [2.24, 2.45) is 0 Å². The first-order valence-electron chi connectivity index (χ1n) is 7.90. The second-order valence-electron chi connectivity index (χ2n) is 6.06. The van der Waals surface area contributed by atoms with E-state index in [4.69, 9.17) is 46.4 Å². The van der Waals surface area contributed by atoms with Gasteiger partial charge in [0.05, 0.1) is 20.1 Å². The third kappa shape index (κ3) is 3.54. The van der Waals surface area contributed by atoms with E-state index in [2.05, 4.69) is 0 Å². The van der Waals surface area contributed by atoms with Gasteiger partial charge in [0.25, 0.3) is 10.1 Å². The second kappa shape index (κ2) is 7.87. The third-order valence-corrected chi connectivity index (χ3v) is 7.47. The van der Waals surface area contributed by atoms with Crippen LogP contribution < -0.4 is 0 Å². The number of hydrogen-bond acceptors (Lipinski definition) is 4. The molecule has 0 bridgehead atoms. The molecule has 5 nitrogen and oxygen atoms in total. The molecule has 3 rings (SSSR count). The van der Waals surface area contributed by atoms with Crippen molar-refractivity contribution in [2.75, 3.05) is 0 Å². The summed E-state index contributed by atoms with van der Waals surface area (Å²) in [5, 5.41) is 19.7. The molecule has 0 heterocycles. The minimum atomic E-state index is -5.13. The Morgan fingerprint density at radius 2 is 1.34 bits per heavy atom. The first kappa shape index (κ1) is 22.0. The van der Waals surface area contributed by atoms with Crippen LogP contribution in [0.5, 0.6) is 11.5 Å². The zero-order valence-corrected chi connectivity index (χ0v) is 18.1. The number of halogens is 4. The van der Waals surface area contributed by atoms with Crippen LogP contribution >= 0.6 is 46.4 Å². The molecule has 0 aliphatic heterocycles. The van der Waals surface area contributed by atoms with Gasteiger partial charge in [-0.15, -0.1) is 0 Å². The van der Waals surface area contributed by atoms with Gasteiger partial charge in [0.15, 0.2) is 4.75 Å². The lowest BCUT2D eigenvalue weighted by molar-refractivity contribution is 0.440. The maximum absolute atomic E-state index is 13.0. The molecule has 0 aromatic heterocycles. The smallest absolute Gasteiger partial charge is 0.283 e. The first-order valence-corrected chi connectivity index (χ1v) is 10.9. The fourth-order valence-electron chi connectivity index (χ4n) is 3.20. The monoisotopic (exact) mass is 492 g/mol. The zero-order chi connectivity index (χ0) is 21.6. The summed E-state index contributed by atoms with van der Waals surface area (Å²) >= 11 is 24.9. The largest absolute Gasteiger partial charge is 0.508 e. The molecule has 3 aromatic carbocycles. The molecule has 0 aliphatic carbocycles. The number of phenolic OH excluding ortho intramolecular Hbond substituents is 2. The molecule has 29 heavy (non-hydrogen) atoms. The van der Waals surface area contributed by atoms with Gasteiger partial charge >= 0.3 is 0 Å². The van der Waals surface area contributed by atoms with Crippen LogP contribution in [0.4, 0.5) is 0 Å². The molecule has 1 atom stereocenters. The lowest BCUT2D eigenvalue weighted by Crippen LogP contribution is -2.39. The minimum absolute atomic E-state index is 0.00797. The highest BCUT2D eigenvalue weighted by atomic mass is 35.5. The first-order chi connectivity index (χ1) is 13.5. The summed E-state index contributed by atoms with van der Waals surface area (Å²) in [6.07, 6.45) is 0. The van der Waals surface area contributed by atoms with E-state index in [0.29, 0.717) is 0 Å². The van der Waals surface area contributed by atoms with Crippen molar-refractivity contribution in [3.63, 3.8) is 0 Å². The standard InChI is InChI=1S/C19H12Cl4O5S/c20-13-3-1-2-12(17(13)22)19(29(26,27)28,10-4-6-11(24)7-5-10)16-15(25)9-8-14(21)18(16)23/h1-9,24-25H,(H,26,27,28). The molecule has 0 radical (unpaired) electrons. The summed E-state index contributed by atoms with van der Waals surface area (Å²) in [6.45, 7) is 0. The molecule has 0 saturated heterocycles. The van der Waals surface area contributed by atoms with E-state index in [1.807, 2.05) is 0 Å². The molecular formula is C19H12Cl4O5S. The van der Waals surface area contributed by atoms with E-state index >= 15 is 0 Å². The lowest BCUT2D eigenvalue weighted by atomic mass is 9.83. The van der Waals surface area contributed by atoms with E-state index in [1.165, 1.54) is 48.5 Å². The van der Waals surface area contributed by atoms with E-state index in [-0.39, 0.29) is 37.0 Å². The summed E-state index contributed by atoms with van der Waals surface area (Å²) in [5.74, 6) is -0.710. The quantitative estimate of drug-likeness (QED) is 0.311. The van der Waals surface area contributed by atoms with E-state index in [0.717, 1.165) is 6.07 Å². The maximum atomic E-state index is 13.0. The molecule has 0 amide bonds. The fraction of sp³-hybridized carbons (Fsp3) is 0.0526. The molecule has 152 valence electrons. The van der Waals surface area contributed by atoms with Gasteiger partial charge in [0.2, 0.25) is 0 Å². The average molecular weight is 494 g/mol. The number of phenols is 2. The molecule has 0 spiro atoms. The van der Waals surface area contributed by atoms with Crippen molar-refractivity contribution < 1.29 is 23.2 Å². The van der Waals surface area contributed by atoms with Gasteiger partial charge in [-0.05, 0) is 35.9 Å². The molecule has 3 aromatic rings.